The molecule has 0 atom stereocenters. The molecule has 5 nitrogen and oxygen atoms in total. The molecule has 0 fully saturated rings. The first-order chi connectivity index (χ1) is 12.2. The van der Waals surface area contributed by atoms with Gasteiger partial charge in [0.05, 0.1) is 0 Å². The predicted octanol–water partition coefficient (Wildman–Crippen LogP) is 3.27. The summed E-state index contributed by atoms with van der Waals surface area (Å²) in [5.41, 5.74) is 1.63. The molecule has 25 heavy (non-hydrogen) atoms. The van der Waals surface area contributed by atoms with Crippen molar-refractivity contribution in [1.29, 1.82) is 0 Å². The van der Waals surface area contributed by atoms with Gasteiger partial charge in [-0.25, -0.2) is 4.98 Å². The highest BCUT2D eigenvalue weighted by molar-refractivity contribution is 5.96. The summed E-state index contributed by atoms with van der Waals surface area (Å²) >= 11 is 0. The van der Waals surface area contributed by atoms with Gasteiger partial charge in [-0.2, -0.15) is 0 Å². The summed E-state index contributed by atoms with van der Waals surface area (Å²) in [6, 6.07) is 14.8. The molecule has 132 valence electrons. The Morgan fingerprint density at radius 2 is 1.72 bits per heavy atom. The number of carbonyl (C=O) groups excluding carboxylic acids is 2. The lowest BCUT2D eigenvalue weighted by atomic mass is 10.2. The lowest BCUT2D eigenvalue weighted by molar-refractivity contribution is 0.0746. The lowest BCUT2D eigenvalue weighted by Crippen LogP contribution is -2.32. The molecule has 0 spiro atoms. The van der Waals surface area contributed by atoms with Gasteiger partial charge in [-0.3, -0.25) is 9.59 Å². The molecule has 1 N–H and O–H groups in total. The molecule has 0 saturated heterocycles. The highest BCUT2D eigenvalue weighted by Crippen LogP contribution is 2.09. The largest absolute Gasteiger partial charge is 0.351 e. The van der Waals surface area contributed by atoms with Crippen LogP contribution in [0.25, 0.3) is 0 Å². The van der Waals surface area contributed by atoms with Crippen molar-refractivity contribution in [1.82, 2.24) is 15.2 Å². The van der Waals surface area contributed by atoms with Crippen molar-refractivity contribution in [3.63, 3.8) is 0 Å². The van der Waals surface area contributed by atoms with Crippen LogP contribution < -0.4 is 5.32 Å². The standard InChI is InChI=1S/C20H25N3O2/c1-3-5-14-21-19(24)17-12-9-13-18(22-17)20(25)23(4-2)15-16-10-7-6-8-11-16/h6-13H,3-5,14-15H2,1-2H3,(H,21,24). The molecule has 0 aliphatic carbocycles. The Hall–Kier alpha value is -2.69. The SMILES string of the molecule is CCCCNC(=O)c1cccc(C(=O)N(CC)Cc2ccccc2)n1. The Balaban J connectivity index is 2.09. The first kappa shape index (κ1) is 18.6. The number of hydrogen-bond donors (Lipinski definition) is 1. The molecule has 2 rings (SSSR count). The average Bonchev–Trinajstić information content (AvgIpc) is 2.66. The summed E-state index contributed by atoms with van der Waals surface area (Å²) in [5.74, 6) is -0.413. The van der Waals surface area contributed by atoms with Crippen molar-refractivity contribution in [2.45, 2.75) is 33.2 Å². The quantitative estimate of drug-likeness (QED) is 0.751. The number of unbranched alkanes of at least 4 members (excludes halogenated alkanes) is 1. The Labute approximate surface area is 149 Å². The van der Waals surface area contributed by atoms with E-state index < -0.39 is 0 Å². The van der Waals surface area contributed by atoms with Crippen LogP contribution in [-0.2, 0) is 6.54 Å². The molecular formula is C20H25N3O2. The van der Waals surface area contributed by atoms with Gasteiger partial charge in [0.15, 0.2) is 0 Å². The number of nitrogens with zero attached hydrogens (tertiary/aromatic N) is 2. The lowest BCUT2D eigenvalue weighted by Gasteiger charge is -2.20. The zero-order valence-electron chi connectivity index (χ0n) is 14.9. The van der Waals surface area contributed by atoms with E-state index >= 15 is 0 Å². The summed E-state index contributed by atoms with van der Waals surface area (Å²) in [6.07, 6.45) is 1.93. The van der Waals surface area contributed by atoms with Gasteiger partial charge in [-0.05, 0) is 31.0 Å². The molecule has 0 radical (unpaired) electrons. The monoisotopic (exact) mass is 339 g/mol. The number of aromatic nitrogens is 1. The number of rotatable bonds is 8. The van der Waals surface area contributed by atoms with Gasteiger partial charge in [-0.15, -0.1) is 0 Å². The topological polar surface area (TPSA) is 62.3 Å². The predicted molar refractivity (Wildman–Crippen MR) is 98.3 cm³/mol. The second kappa shape index (κ2) is 9.57. The van der Waals surface area contributed by atoms with Crippen molar-refractivity contribution in [2.24, 2.45) is 0 Å². The van der Waals surface area contributed by atoms with Gasteiger partial charge >= 0.3 is 0 Å². The van der Waals surface area contributed by atoms with Crippen LogP contribution in [-0.4, -0.2) is 34.8 Å². The molecule has 0 aliphatic rings. The normalized spacial score (nSPS) is 10.3. The van der Waals surface area contributed by atoms with Crippen LogP contribution in [0.3, 0.4) is 0 Å². The zero-order chi connectivity index (χ0) is 18.1. The van der Waals surface area contributed by atoms with Crippen LogP contribution in [0, 0.1) is 0 Å². The molecule has 1 aromatic heterocycles. The van der Waals surface area contributed by atoms with E-state index in [0.29, 0.717) is 25.3 Å². The zero-order valence-corrected chi connectivity index (χ0v) is 14.9. The smallest absolute Gasteiger partial charge is 0.272 e. The number of hydrogen-bond acceptors (Lipinski definition) is 3. The fourth-order valence-electron chi connectivity index (χ4n) is 2.44. The highest BCUT2D eigenvalue weighted by Gasteiger charge is 2.17. The van der Waals surface area contributed by atoms with Crippen molar-refractivity contribution in [3.05, 3.63) is 65.5 Å². The summed E-state index contributed by atoms with van der Waals surface area (Å²) in [5, 5.41) is 2.82. The van der Waals surface area contributed by atoms with Crippen LogP contribution in [0.1, 0.15) is 53.2 Å². The van der Waals surface area contributed by atoms with E-state index in [1.807, 2.05) is 37.3 Å². The Morgan fingerprint density at radius 1 is 1.00 bits per heavy atom. The maximum Gasteiger partial charge on any atom is 0.272 e. The van der Waals surface area contributed by atoms with E-state index in [9.17, 15) is 9.59 Å². The van der Waals surface area contributed by atoms with Crippen molar-refractivity contribution in [2.75, 3.05) is 13.1 Å². The van der Waals surface area contributed by atoms with Crippen molar-refractivity contribution in [3.8, 4) is 0 Å². The molecule has 1 aromatic carbocycles. The van der Waals surface area contributed by atoms with E-state index in [1.54, 1.807) is 23.1 Å². The second-order valence-corrected chi connectivity index (χ2v) is 5.82. The summed E-state index contributed by atoms with van der Waals surface area (Å²) in [7, 11) is 0. The second-order valence-electron chi connectivity index (χ2n) is 5.82. The third-order valence-corrected chi connectivity index (χ3v) is 3.90. The van der Waals surface area contributed by atoms with Crippen LogP contribution in [0.5, 0.6) is 0 Å². The fourth-order valence-corrected chi connectivity index (χ4v) is 2.44. The van der Waals surface area contributed by atoms with Crippen molar-refractivity contribution >= 4 is 11.8 Å². The summed E-state index contributed by atoms with van der Waals surface area (Å²) < 4.78 is 0. The van der Waals surface area contributed by atoms with Crippen molar-refractivity contribution < 1.29 is 9.59 Å². The number of nitrogens with one attached hydrogen (secondary N) is 1. The Morgan fingerprint density at radius 3 is 2.40 bits per heavy atom. The van der Waals surface area contributed by atoms with E-state index in [2.05, 4.69) is 17.2 Å². The number of benzene rings is 1. The summed E-state index contributed by atoms with van der Waals surface area (Å²) in [4.78, 5) is 30.9. The van der Waals surface area contributed by atoms with Crippen LogP contribution in [0.2, 0.25) is 0 Å². The van der Waals surface area contributed by atoms with Gasteiger partial charge in [0.1, 0.15) is 11.4 Å². The Bertz CT molecular complexity index is 701. The number of pyridine rings is 1. The third kappa shape index (κ3) is 5.41. The van der Waals surface area contributed by atoms with Gasteiger partial charge < -0.3 is 10.2 Å². The first-order valence-electron chi connectivity index (χ1n) is 8.74. The molecule has 0 bridgehead atoms. The first-order valence-corrected chi connectivity index (χ1v) is 8.74. The highest BCUT2D eigenvalue weighted by atomic mass is 16.2. The van der Waals surface area contributed by atoms with Crippen LogP contribution in [0.15, 0.2) is 48.5 Å². The molecule has 2 amide bonds. The average molecular weight is 339 g/mol. The maximum absolute atomic E-state index is 12.7. The number of amides is 2. The van der Waals surface area contributed by atoms with Gasteiger partial charge in [-0.1, -0.05) is 49.7 Å². The molecule has 5 heteroatoms. The van der Waals surface area contributed by atoms with E-state index in [4.69, 9.17) is 0 Å². The molecule has 0 saturated carbocycles. The van der Waals surface area contributed by atoms with Gasteiger partial charge in [0.25, 0.3) is 11.8 Å². The minimum absolute atomic E-state index is 0.172. The summed E-state index contributed by atoms with van der Waals surface area (Å²) in [6.45, 7) is 5.70. The number of carbonyl (C=O) groups is 2. The van der Waals surface area contributed by atoms with Crippen LogP contribution >= 0.6 is 0 Å². The molecule has 0 aliphatic heterocycles. The Kier molecular flexibility index (Phi) is 7.14. The molecule has 1 heterocycles. The van der Waals surface area contributed by atoms with E-state index in [0.717, 1.165) is 18.4 Å². The third-order valence-electron chi connectivity index (χ3n) is 3.90. The minimum atomic E-state index is -0.241. The van der Waals surface area contributed by atoms with Gasteiger partial charge in [0, 0.05) is 19.6 Å². The fraction of sp³-hybridized carbons (Fsp3) is 0.350. The van der Waals surface area contributed by atoms with E-state index in [1.165, 1.54) is 0 Å². The minimum Gasteiger partial charge on any atom is -0.351 e. The van der Waals surface area contributed by atoms with Gasteiger partial charge in [0.2, 0.25) is 0 Å². The molecular weight excluding hydrogens is 314 g/mol. The van der Waals surface area contributed by atoms with Crippen LogP contribution in [0.4, 0.5) is 0 Å². The van der Waals surface area contributed by atoms with E-state index in [-0.39, 0.29) is 17.5 Å². The maximum atomic E-state index is 12.7. The molecule has 0 unspecified atom stereocenters. The molecule has 2 aromatic rings.